The maximum absolute atomic E-state index is 13.5. The normalized spacial score (nSPS) is 20.2. The zero-order valence-corrected chi connectivity index (χ0v) is 17.3. The molecular weight excluding hydrogens is 430 g/mol. The molecule has 2 heterocycles. The Hall–Kier alpha value is -2.56. The number of halogens is 2. The molecule has 0 aromatic heterocycles. The highest BCUT2D eigenvalue weighted by Crippen LogP contribution is 2.47. The summed E-state index contributed by atoms with van der Waals surface area (Å²) in [6.07, 6.45) is 2.71. The number of benzene rings is 2. The number of amides is 1. The number of nitrogens with one attached hydrogen (secondary N) is 1. The van der Waals surface area contributed by atoms with Gasteiger partial charge < -0.3 is 14.4 Å². The second-order valence-corrected chi connectivity index (χ2v) is 9.62. The molecule has 7 nitrogen and oxygen atoms in total. The summed E-state index contributed by atoms with van der Waals surface area (Å²) in [6.45, 7) is 1.15. The Morgan fingerprint density at radius 3 is 2.48 bits per heavy atom. The van der Waals surface area contributed by atoms with Gasteiger partial charge in [-0.1, -0.05) is 0 Å². The molecule has 3 aliphatic rings. The highest BCUT2D eigenvalue weighted by Gasteiger charge is 2.55. The molecule has 0 radical (unpaired) electrons. The zero-order valence-electron chi connectivity index (χ0n) is 16.4. The standard InChI is InChI=1S/C21H20F2N2O5S/c22-17-6-4-14(10-18(17)23)24-31(27,28)15-5-7-19-16(11-15)21(29-8-1-9-30-21)20(26)25(19)12-13-2-3-13/h4-7,10-11,13,24H,1-3,8-9,12H2. The molecular formula is C21H20F2N2O5S. The Labute approximate surface area is 178 Å². The lowest BCUT2D eigenvalue weighted by Gasteiger charge is -2.32. The van der Waals surface area contributed by atoms with E-state index < -0.39 is 27.4 Å². The van der Waals surface area contributed by atoms with Crippen LogP contribution in [0.3, 0.4) is 0 Å². The fourth-order valence-electron chi connectivity index (χ4n) is 3.91. The predicted octanol–water partition coefficient (Wildman–Crippen LogP) is 3.11. The summed E-state index contributed by atoms with van der Waals surface area (Å²) in [7, 11) is -4.15. The van der Waals surface area contributed by atoms with Crippen molar-refractivity contribution in [3.8, 4) is 0 Å². The molecule has 1 saturated carbocycles. The van der Waals surface area contributed by atoms with Gasteiger partial charge in [-0.25, -0.2) is 17.2 Å². The summed E-state index contributed by atoms with van der Waals surface area (Å²) < 4.78 is 66.3. The number of hydrogen-bond acceptors (Lipinski definition) is 5. The molecule has 2 aromatic carbocycles. The van der Waals surface area contributed by atoms with E-state index >= 15 is 0 Å². The van der Waals surface area contributed by atoms with Crippen molar-refractivity contribution in [1.82, 2.24) is 0 Å². The van der Waals surface area contributed by atoms with Crippen LogP contribution in [0.5, 0.6) is 0 Å². The van der Waals surface area contributed by atoms with Crippen molar-refractivity contribution in [2.45, 2.75) is 29.9 Å². The SMILES string of the molecule is O=C1N(CC2CC2)c2ccc(S(=O)(=O)Nc3ccc(F)c(F)c3)cc2C12OCCCO2. The van der Waals surface area contributed by atoms with Gasteiger partial charge >= 0.3 is 0 Å². The van der Waals surface area contributed by atoms with Crippen LogP contribution in [0.4, 0.5) is 20.2 Å². The van der Waals surface area contributed by atoms with Gasteiger partial charge in [-0.05, 0) is 55.5 Å². The molecule has 1 spiro atoms. The topological polar surface area (TPSA) is 84.9 Å². The third kappa shape index (κ3) is 3.48. The van der Waals surface area contributed by atoms with Gasteiger partial charge in [-0.3, -0.25) is 9.52 Å². The first kappa shape index (κ1) is 20.3. The Morgan fingerprint density at radius 1 is 1.06 bits per heavy atom. The van der Waals surface area contributed by atoms with E-state index in [1.807, 2.05) is 0 Å². The van der Waals surface area contributed by atoms with E-state index in [0.29, 0.717) is 43.3 Å². The van der Waals surface area contributed by atoms with Gasteiger partial charge in [0.2, 0.25) is 0 Å². The first-order valence-corrected chi connectivity index (χ1v) is 11.5. The largest absolute Gasteiger partial charge is 0.338 e. The van der Waals surface area contributed by atoms with E-state index in [2.05, 4.69) is 4.72 Å². The van der Waals surface area contributed by atoms with Crippen LogP contribution in [-0.4, -0.2) is 34.1 Å². The van der Waals surface area contributed by atoms with Crippen LogP contribution in [0.15, 0.2) is 41.3 Å². The van der Waals surface area contributed by atoms with Crippen molar-refractivity contribution in [3.63, 3.8) is 0 Å². The van der Waals surface area contributed by atoms with Crippen molar-refractivity contribution in [1.29, 1.82) is 0 Å². The monoisotopic (exact) mass is 450 g/mol. The van der Waals surface area contributed by atoms with E-state index in [1.54, 1.807) is 11.0 Å². The number of anilines is 2. The van der Waals surface area contributed by atoms with E-state index in [0.717, 1.165) is 31.0 Å². The Morgan fingerprint density at radius 2 is 1.81 bits per heavy atom. The lowest BCUT2D eigenvalue weighted by atomic mass is 10.1. The number of sulfonamides is 1. The number of carbonyl (C=O) groups is 1. The molecule has 1 N–H and O–H groups in total. The minimum Gasteiger partial charge on any atom is -0.338 e. The van der Waals surface area contributed by atoms with Gasteiger partial charge in [0, 0.05) is 18.2 Å². The van der Waals surface area contributed by atoms with Crippen LogP contribution in [0.1, 0.15) is 24.8 Å². The van der Waals surface area contributed by atoms with Crippen LogP contribution >= 0.6 is 0 Å². The predicted molar refractivity (Wildman–Crippen MR) is 107 cm³/mol. The van der Waals surface area contributed by atoms with Gasteiger partial charge in [0.1, 0.15) is 0 Å². The highest BCUT2D eigenvalue weighted by molar-refractivity contribution is 7.92. The van der Waals surface area contributed by atoms with Crippen molar-refractivity contribution in [3.05, 3.63) is 53.6 Å². The van der Waals surface area contributed by atoms with Crippen molar-refractivity contribution >= 4 is 27.3 Å². The van der Waals surface area contributed by atoms with Gasteiger partial charge in [-0.2, -0.15) is 0 Å². The fraction of sp³-hybridized carbons (Fsp3) is 0.381. The Kier molecular flexibility index (Phi) is 4.76. The van der Waals surface area contributed by atoms with Gasteiger partial charge in [0.15, 0.2) is 11.6 Å². The molecule has 1 saturated heterocycles. The fourth-order valence-corrected chi connectivity index (χ4v) is 4.98. The highest BCUT2D eigenvalue weighted by atomic mass is 32.2. The third-order valence-corrected chi connectivity index (χ3v) is 7.04. The lowest BCUT2D eigenvalue weighted by Crippen LogP contribution is -2.47. The van der Waals surface area contributed by atoms with Crippen LogP contribution in [0.25, 0.3) is 0 Å². The minimum atomic E-state index is -4.15. The van der Waals surface area contributed by atoms with Gasteiger partial charge in [-0.15, -0.1) is 0 Å². The summed E-state index contributed by atoms with van der Waals surface area (Å²) in [5, 5.41) is 0. The summed E-state index contributed by atoms with van der Waals surface area (Å²) >= 11 is 0. The average Bonchev–Trinajstić information content (AvgIpc) is 3.55. The second-order valence-electron chi connectivity index (χ2n) is 7.94. The zero-order chi connectivity index (χ0) is 21.8. The smallest absolute Gasteiger partial charge is 0.292 e. The van der Waals surface area contributed by atoms with Crippen molar-refractivity contribution in [2.75, 3.05) is 29.4 Å². The molecule has 5 rings (SSSR count). The molecule has 164 valence electrons. The van der Waals surface area contributed by atoms with Gasteiger partial charge in [0.25, 0.3) is 21.7 Å². The van der Waals surface area contributed by atoms with Crippen molar-refractivity contribution < 1.29 is 31.5 Å². The second kappa shape index (κ2) is 7.25. The molecule has 1 aliphatic carbocycles. The molecule has 0 unspecified atom stereocenters. The Bertz CT molecular complexity index is 1160. The van der Waals surface area contributed by atoms with Crippen LogP contribution in [0, 0.1) is 17.6 Å². The molecule has 0 bridgehead atoms. The van der Waals surface area contributed by atoms with E-state index in [9.17, 15) is 22.0 Å². The maximum atomic E-state index is 13.5. The van der Waals surface area contributed by atoms with E-state index in [4.69, 9.17) is 9.47 Å². The molecule has 0 atom stereocenters. The maximum Gasteiger partial charge on any atom is 0.292 e. The average molecular weight is 450 g/mol. The van der Waals surface area contributed by atoms with Crippen LogP contribution in [0.2, 0.25) is 0 Å². The molecule has 2 fully saturated rings. The quantitative estimate of drug-likeness (QED) is 0.757. The molecule has 10 heteroatoms. The number of fused-ring (bicyclic) bond motifs is 2. The van der Waals surface area contributed by atoms with Crippen LogP contribution in [-0.2, 0) is 30.1 Å². The number of nitrogens with zero attached hydrogens (tertiary/aromatic N) is 1. The molecule has 2 aliphatic heterocycles. The molecule has 1 amide bonds. The van der Waals surface area contributed by atoms with E-state index in [1.165, 1.54) is 12.1 Å². The van der Waals surface area contributed by atoms with Crippen molar-refractivity contribution in [2.24, 2.45) is 5.92 Å². The first-order chi connectivity index (χ1) is 14.8. The molecule has 2 aromatic rings. The number of carbonyl (C=O) groups excluding carboxylic acids is 1. The number of ether oxygens (including phenoxy) is 2. The number of hydrogen-bond donors (Lipinski definition) is 1. The summed E-state index contributed by atoms with van der Waals surface area (Å²) in [6, 6.07) is 7.01. The first-order valence-electron chi connectivity index (χ1n) is 10.0. The number of rotatable bonds is 5. The Balaban J connectivity index is 1.53. The summed E-state index contributed by atoms with van der Waals surface area (Å²) in [5.41, 5.74) is 0.780. The van der Waals surface area contributed by atoms with E-state index in [-0.39, 0.29) is 16.5 Å². The van der Waals surface area contributed by atoms with Crippen LogP contribution < -0.4 is 9.62 Å². The third-order valence-electron chi connectivity index (χ3n) is 5.66. The summed E-state index contributed by atoms with van der Waals surface area (Å²) in [4.78, 5) is 14.7. The molecule has 31 heavy (non-hydrogen) atoms. The summed E-state index contributed by atoms with van der Waals surface area (Å²) in [5.74, 6) is -3.84. The van der Waals surface area contributed by atoms with Gasteiger partial charge in [0.05, 0.1) is 29.5 Å². The minimum absolute atomic E-state index is 0.120. The lowest BCUT2D eigenvalue weighted by molar-refractivity contribution is -0.256.